The molecule has 1 aliphatic carbocycles. The first-order chi connectivity index (χ1) is 8.92. The van der Waals surface area contributed by atoms with Gasteiger partial charge in [-0.2, -0.15) is 0 Å². The average molecular weight is 238 g/mol. The quantitative estimate of drug-likeness (QED) is 0.616. The molecule has 0 nitrogen and oxygen atoms in total. The van der Waals surface area contributed by atoms with Crippen molar-refractivity contribution >= 4 is 0 Å². The van der Waals surface area contributed by atoms with Crippen molar-refractivity contribution in [3.8, 4) is 0 Å². The fourth-order valence-electron chi connectivity index (χ4n) is 2.51. The second-order valence-corrected chi connectivity index (χ2v) is 4.80. The molecule has 0 saturated carbocycles. The van der Waals surface area contributed by atoms with E-state index in [2.05, 4.69) is 67.6 Å². The first-order valence-corrected chi connectivity index (χ1v) is 6.98. The van der Waals surface area contributed by atoms with Crippen LogP contribution in [0.5, 0.6) is 0 Å². The van der Waals surface area contributed by atoms with Gasteiger partial charge in [-0.15, -0.1) is 0 Å². The molecule has 1 aromatic rings. The van der Waals surface area contributed by atoms with Gasteiger partial charge in [-0.05, 0) is 30.4 Å². The summed E-state index contributed by atoms with van der Waals surface area (Å²) in [6.07, 6.45) is 16.0. The molecule has 94 valence electrons. The van der Waals surface area contributed by atoms with E-state index in [-0.39, 0.29) is 0 Å². The largest absolute Gasteiger partial charge is 0.0844 e. The summed E-state index contributed by atoms with van der Waals surface area (Å²) in [5.41, 5.74) is 2.92. The smallest absolute Gasteiger partial charge is 0.00860 e. The van der Waals surface area contributed by atoms with Gasteiger partial charge in [-0.1, -0.05) is 74.1 Å². The van der Waals surface area contributed by atoms with E-state index >= 15 is 0 Å². The van der Waals surface area contributed by atoms with E-state index < -0.39 is 0 Å². The third kappa shape index (κ3) is 3.46. The van der Waals surface area contributed by atoms with E-state index in [0.29, 0.717) is 5.92 Å². The Morgan fingerprint density at radius 1 is 1.00 bits per heavy atom. The molecule has 0 amide bonds. The number of hydrogen-bond donors (Lipinski definition) is 0. The minimum absolute atomic E-state index is 0.555. The van der Waals surface area contributed by atoms with Gasteiger partial charge in [0.15, 0.2) is 0 Å². The monoisotopic (exact) mass is 238 g/mol. The lowest BCUT2D eigenvalue weighted by Gasteiger charge is -2.19. The molecule has 18 heavy (non-hydrogen) atoms. The van der Waals surface area contributed by atoms with Crippen LogP contribution in [0.3, 0.4) is 0 Å². The summed E-state index contributed by atoms with van der Waals surface area (Å²) in [6.45, 7) is 2.27. The molecular formula is C18H22. The van der Waals surface area contributed by atoms with Crippen LogP contribution in [0.25, 0.3) is 0 Å². The second kappa shape index (κ2) is 7.00. The molecule has 0 saturated heterocycles. The maximum atomic E-state index is 2.37. The maximum absolute atomic E-state index is 2.37. The molecule has 0 radical (unpaired) electrons. The van der Waals surface area contributed by atoms with Crippen LogP contribution >= 0.6 is 0 Å². The summed E-state index contributed by atoms with van der Waals surface area (Å²) in [5, 5.41) is 0. The van der Waals surface area contributed by atoms with Crippen LogP contribution in [0.4, 0.5) is 0 Å². The van der Waals surface area contributed by atoms with E-state index in [1.807, 2.05) is 0 Å². The topological polar surface area (TPSA) is 0 Å². The van der Waals surface area contributed by atoms with Crippen molar-refractivity contribution in [3.63, 3.8) is 0 Å². The van der Waals surface area contributed by atoms with Crippen LogP contribution < -0.4 is 0 Å². The van der Waals surface area contributed by atoms with Crippen LogP contribution in [-0.2, 0) is 0 Å². The minimum Gasteiger partial charge on any atom is -0.0844 e. The molecule has 0 N–H and O–H groups in total. The lowest BCUT2D eigenvalue weighted by molar-refractivity contribution is 0.695. The van der Waals surface area contributed by atoms with Crippen LogP contribution in [0.1, 0.15) is 44.1 Å². The van der Waals surface area contributed by atoms with Gasteiger partial charge >= 0.3 is 0 Å². The predicted octanol–water partition coefficient (Wildman–Crippen LogP) is 5.40. The first kappa shape index (κ1) is 12.9. The lowest BCUT2D eigenvalue weighted by atomic mass is 9.86. The number of rotatable bonds is 4. The Balaban J connectivity index is 2.27. The predicted molar refractivity (Wildman–Crippen MR) is 79.7 cm³/mol. The standard InChI is InChI=1S/C18H22/c1-2-11-18(17-14-9-6-10-15-17)16-12-7-4-3-5-8-13-16/h3-4,6,8-10,12-15,18H,2,5,7,11H2,1H3/b4-3-,13-8-,16-12?. The molecule has 0 fully saturated rings. The molecule has 1 unspecified atom stereocenters. The summed E-state index contributed by atoms with van der Waals surface area (Å²) < 4.78 is 0. The maximum Gasteiger partial charge on any atom is 0.00860 e. The van der Waals surface area contributed by atoms with E-state index in [1.165, 1.54) is 24.0 Å². The zero-order valence-electron chi connectivity index (χ0n) is 11.2. The van der Waals surface area contributed by atoms with Gasteiger partial charge in [0.05, 0.1) is 0 Å². The van der Waals surface area contributed by atoms with Gasteiger partial charge in [0.1, 0.15) is 0 Å². The SMILES string of the molecule is CCCC(C1=CC/C=C\C/C=C\1)c1ccccc1. The van der Waals surface area contributed by atoms with Gasteiger partial charge in [0.25, 0.3) is 0 Å². The number of benzene rings is 1. The molecule has 0 aliphatic heterocycles. The fourth-order valence-corrected chi connectivity index (χ4v) is 2.51. The highest BCUT2D eigenvalue weighted by Crippen LogP contribution is 2.30. The van der Waals surface area contributed by atoms with Crippen molar-refractivity contribution in [2.75, 3.05) is 0 Å². The molecule has 1 atom stereocenters. The molecule has 0 spiro atoms. The molecule has 1 aromatic carbocycles. The van der Waals surface area contributed by atoms with Crippen LogP contribution in [0.15, 0.2) is 66.3 Å². The summed E-state index contributed by atoms with van der Waals surface area (Å²) in [7, 11) is 0. The Morgan fingerprint density at radius 2 is 1.78 bits per heavy atom. The van der Waals surface area contributed by atoms with E-state index in [1.54, 1.807) is 0 Å². The average Bonchev–Trinajstić information content (AvgIpc) is 2.38. The van der Waals surface area contributed by atoms with Crippen molar-refractivity contribution in [2.24, 2.45) is 0 Å². The van der Waals surface area contributed by atoms with Crippen LogP contribution in [-0.4, -0.2) is 0 Å². The summed E-state index contributed by atoms with van der Waals surface area (Å²) in [5.74, 6) is 0.555. The molecule has 1 aliphatic rings. The van der Waals surface area contributed by atoms with Gasteiger partial charge in [-0.3, -0.25) is 0 Å². The van der Waals surface area contributed by atoms with Crippen molar-refractivity contribution in [1.82, 2.24) is 0 Å². The lowest BCUT2D eigenvalue weighted by Crippen LogP contribution is -2.01. The normalized spacial score (nSPS) is 20.4. The first-order valence-electron chi connectivity index (χ1n) is 6.98. The van der Waals surface area contributed by atoms with E-state index in [0.717, 1.165) is 12.8 Å². The Kier molecular flexibility index (Phi) is 5.01. The number of allylic oxidation sites excluding steroid dienone is 6. The summed E-state index contributed by atoms with van der Waals surface area (Å²) in [4.78, 5) is 0. The van der Waals surface area contributed by atoms with Gasteiger partial charge in [0.2, 0.25) is 0 Å². The Morgan fingerprint density at radius 3 is 2.56 bits per heavy atom. The highest BCUT2D eigenvalue weighted by Gasteiger charge is 2.13. The van der Waals surface area contributed by atoms with Crippen molar-refractivity contribution in [3.05, 3.63) is 71.8 Å². The third-order valence-electron chi connectivity index (χ3n) is 3.42. The molecule has 0 aromatic heterocycles. The van der Waals surface area contributed by atoms with Crippen molar-refractivity contribution < 1.29 is 0 Å². The third-order valence-corrected chi connectivity index (χ3v) is 3.42. The second-order valence-electron chi connectivity index (χ2n) is 4.80. The summed E-state index contributed by atoms with van der Waals surface area (Å²) >= 11 is 0. The number of hydrogen-bond acceptors (Lipinski definition) is 0. The Hall–Kier alpha value is -1.56. The van der Waals surface area contributed by atoms with Gasteiger partial charge in [0, 0.05) is 5.92 Å². The highest BCUT2D eigenvalue weighted by atomic mass is 14.2. The molecule has 0 bridgehead atoms. The molecule has 0 heterocycles. The Bertz CT molecular complexity index is 434. The molecule has 0 heteroatoms. The zero-order valence-corrected chi connectivity index (χ0v) is 11.2. The van der Waals surface area contributed by atoms with Crippen molar-refractivity contribution in [2.45, 2.75) is 38.5 Å². The van der Waals surface area contributed by atoms with Gasteiger partial charge in [-0.25, -0.2) is 0 Å². The minimum atomic E-state index is 0.555. The molecule has 2 rings (SSSR count). The van der Waals surface area contributed by atoms with Crippen LogP contribution in [0, 0.1) is 0 Å². The van der Waals surface area contributed by atoms with Crippen LogP contribution in [0.2, 0.25) is 0 Å². The van der Waals surface area contributed by atoms with Crippen molar-refractivity contribution in [1.29, 1.82) is 0 Å². The Labute approximate surface area is 111 Å². The zero-order chi connectivity index (χ0) is 12.6. The van der Waals surface area contributed by atoms with E-state index in [9.17, 15) is 0 Å². The fraction of sp³-hybridized carbons (Fsp3) is 0.333. The molecular weight excluding hydrogens is 216 g/mol. The van der Waals surface area contributed by atoms with E-state index in [4.69, 9.17) is 0 Å². The highest BCUT2D eigenvalue weighted by molar-refractivity contribution is 5.36. The van der Waals surface area contributed by atoms with Gasteiger partial charge < -0.3 is 0 Å². The summed E-state index contributed by atoms with van der Waals surface area (Å²) in [6, 6.07) is 10.9.